The highest BCUT2D eigenvalue weighted by Crippen LogP contribution is 2.31. The van der Waals surface area contributed by atoms with Crippen LogP contribution in [0.1, 0.15) is 56.6 Å². The van der Waals surface area contributed by atoms with Crippen LogP contribution in [0.4, 0.5) is 0 Å². The van der Waals surface area contributed by atoms with E-state index in [1.807, 2.05) is 0 Å². The van der Waals surface area contributed by atoms with Crippen molar-refractivity contribution in [3.05, 3.63) is 58.7 Å². The zero-order valence-corrected chi connectivity index (χ0v) is 15.7. The Bertz CT molecular complexity index is 615. The molecule has 0 bridgehead atoms. The summed E-state index contributed by atoms with van der Waals surface area (Å²) in [6, 6.07) is 8.92. The first-order valence-corrected chi connectivity index (χ1v) is 9.52. The minimum absolute atomic E-state index is 0.750. The topological polar surface area (TPSA) is 53.1 Å². The molecule has 1 fully saturated rings. The van der Waals surface area contributed by atoms with Gasteiger partial charge in [-0.1, -0.05) is 42.0 Å². The van der Waals surface area contributed by atoms with Crippen LogP contribution >= 0.6 is 0 Å². The number of nitrogens with one attached hydrogen (secondary N) is 1. The van der Waals surface area contributed by atoms with Crippen LogP contribution in [0, 0.1) is 5.41 Å². The molecule has 3 nitrogen and oxygen atoms in total. The smallest absolute Gasteiger partial charge is 0.0765 e. The number of rotatable bonds is 4. The predicted molar refractivity (Wildman–Crippen MR) is 108 cm³/mol. The Morgan fingerprint density at radius 3 is 2.60 bits per heavy atom. The fraction of sp³-hybridized carbons (Fsp3) is 0.500. The molecule has 1 saturated carbocycles. The van der Waals surface area contributed by atoms with E-state index in [9.17, 15) is 0 Å². The van der Waals surface area contributed by atoms with Gasteiger partial charge in [-0.25, -0.2) is 0 Å². The standard InChI is InChI=1S/C21H29N.CH4N2/c1-17-8-3-6-12-21(17)18(2)9-7-14-22-15-13-19-10-4-5-11-20(19)16-22;2-1-3/h4-5,10-11H,1,3,6-9,12-16H2,2H3;1H,(H3,2,3)/b21-18+;. The van der Waals surface area contributed by atoms with E-state index >= 15 is 0 Å². The molecule has 0 aromatic heterocycles. The molecule has 1 aliphatic heterocycles. The van der Waals surface area contributed by atoms with Crippen molar-refractivity contribution in [1.29, 1.82) is 5.41 Å². The van der Waals surface area contributed by atoms with Gasteiger partial charge >= 0.3 is 0 Å². The first-order valence-electron chi connectivity index (χ1n) is 9.52. The summed E-state index contributed by atoms with van der Waals surface area (Å²) >= 11 is 0. The summed E-state index contributed by atoms with van der Waals surface area (Å²) < 4.78 is 0. The molecule has 0 amide bonds. The lowest BCUT2D eigenvalue weighted by atomic mass is 9.86. The minimum atomic E-state index is 0.750. The van der Waals surface area contributed by atoms with Crippen LogP contribution in [0.3, 0.4) is 0 Å². The number of allylic oxidation sites excluding steroid dienone is 3. The number of hydrogen-bond donors (Lipinski definition) is 2. The van der Waals surface area contributed by atoms with E-state index in [1.165, 1.54) is 69.2 Å². The average Bonchev–Trinajstić information content (AvgIpc) is 2.62. The third-order valence-electron chi connectivity index (χ3n) is 5.33. The molecule has 0 radical (unpaired) electrons. The third kappa shape index (κ3) is 5.86. The molecule has 1 aromatic rings. The quantitative estimate of drug-likeness (QED) is 0.610. The number of fused-ring (bicyclic) bond motifs is 1. The van der Waals surface area contributed by atoms with Crippen molar-refractivity contribution in [2.75, 3.05) is 13.1 Å². The lowest BCUT2D eigenvalue weighted by Crippen LogP contribution is -2.31. The van der Waals surface area contributed by atoms with Crippen molar-refractivity contribution in [3.8, 4) is 0 Å². The Hall–Kier alpha value is -1.87. The van der Waals surface area contributed by atoms with Gasteiger partial charge in [-0.05, 0) is 75.1 Å². The van der Waals surface area contributed by atoms with Crippen molar-refractivity contribution < 1.29 is 0 Å². The Kier molecular flexibility index (Phi) is 7.93. The van der Waals surface area contributed by atoms with Crippen molar-refractivity contribution >= 4 is 6.34 Å². The normalized spacial score (nSPS) is 19.5. The van der Waals surface area contributed by atoms with E-state index in [0.29, 0.717) is 0 Å². The minimum Gasteiger partial charge on any atom is -0.390 e. The Labute approximate surface area is 153 Å². The highest BCUT2D eigenvalue weighted by atomic mass is 15.1. The first-order chi connectivity index (χ1) is 12.2. The molecule has 3 heteroatoms. The van der Waals surface area contributed by atoms with E-state index in [2.05, 4.69) is 48.4 Å². The number of hydrogen-bond acceptors (Lipinski definition) is 2. The van der Waals surface area contributed by atoms with Crippen LogP contribution in [0.25, 0.3) is 0 Å². The molecule has 0 saturated heterocycles. The monoisotopic (exact) mass is 339 g/mol. The molecule has 136 valence electrons. The van der Waals surface area contributed by atoms with Gasteiger partial charge in [-0.3, -0.25) is 10.3 Å². The molecule has 2 aliphatic rings. The Balaban J connectivity index is 0.000000701. The zero-order chi connectivity index (χ0) is 18.1. The molecule has 0 unspecified atom stereocenters. The van der Waals surface area contributed by atoms with Crippen molar-refractivity contribution in [2.45, 2.75) is 58.4 Å². The summed E-state index contributed by atoms with van der Waals surface area (Å²) in [7, 11) is 0. The predicted octanol–water partition coefficient (Wildman–Crippen LogP) is 4.82. The Morgan fingerprint density at radius 2 is 1.88 bits per heavy atom. The first kappa shape index (κ1) is 19.5. The van der Waals surface area contributed by atoms with E-state index in [0.717, 1.165) is 12.9 Å². The Morgan fingerprint density at radius 1 is 1.20 bits per heavy atom. The molecule has 1 heterocycles. The fourth-order valence-corrected chi connectivity index (χ4v) is 3.95. The van der Waals surface area contributed by atoms with Crippen LogP contribution in [0.15, 0.2) is 47.6 Å². The SMILES string of the molecule is C=C1CCCC/C1=C(/C)CCCN1CCc2ccccc2C1.N=CN. The average molecular weight is 340 g/mol. The van der Waals surface area contributed by atoms with Crippen molar-refractivity contribution in [1.82, 2.24) is 4.90 Å². The van der Waals surface area contributed by atoms with E-state index in [1.54, 1.807) is 16.7 Å². The highest BCUT2D eigenvalue weighted by molar-refractivity contribution is 5.46. The molecule has 1 aliphatic carbocycles. The molecule has 1 aromatic carbocycles. The largest absolute Gasteiger partial charge is 0.390 e. The maximum absolute atomic E-state index is 5.86. The highest BCUT2D eigenvalue weighted by Gasteiger charge is 2.16. The maximum atomic E-state index is 5.86. The van der Waals surface area contributed by atoms with Crippen LogP contribution < -0.4 is 5.73 Å². The summed E-state index contributed by atoms with van der Waals surface area (Å²) in [5.74, 6) is 0. The molecule has 25 heavy (non-hydrogen) atoms. The van der Waals surface area contributed by atoms with Crippen LogP contribution in [0.2, 0.25) is 0 Å². The number of nitrogens with zero attached hydrogens (tertiary/aromatic N) is 1. The second kappa shape index (κ2) is 10.2. The lowest BCUT2D eigenvalue weighted by Gasteiger charge is -2.29. The van der Waals surface area contributed by atoms with E-state index in [-0.39, 0.29) is 0 Å². The van der Waals surface area contributed by atoms with Gasteiger partial charge in [0.2, 0.25) is 0 Å². The summed E-state index contributed by atoms with van der Waals surface area (Å²) in [5, 5.41) is 5.86. The second-order valence-corrected chi connectivity index (χ2v) is 7.13. The molecule has 3 rings (SSSR count). The van der Waals surface area contributed by atoms with Gasteiger partial charge < -0.3 is 5.73 Å². The van der Waals surface area contributed by atoms with Gasteiger partial charge in [0.25, 0.3) is 0 Å². The summed E-state index contributed by atoms with van der Waals surface area (Å²) in [6.07, 6.45) is 9.67. The number of benzene rings is 1. The second-order valence-electron chi connectivity index (χ2n) is 7.13. The van der Waals surface area contributed by atoms with E-state index < -0.39 is 0 Å². The van der Waals surface area contributed by atoms with Gasteiger partial charge in [0, 0.05) is 13.1 Å². The summed E-state index contributed by atoms with van der Waals surface area (Å²) in [5.41, 5.74) is 12.1. The zero-order valence-electron chi connectivity index (χ0n) is 15.7. The molecule has 0 spiro atoms. The van der Waals surface area contributed by atoms with Gasteiger partial charge in [0.15, 0.2) is 0 Å². The molecular formula is C22H33N3. The van der Waals surface area contributed by atoms with Crippen molar-refractivity contribution in [3.63, 3.8) is 0 Å². The van der Waals surface area contributed by atoms with Crippen LogP contribution in [-0.2, 0) is 13.0 Å². The maximum Gasteiger partial charge on any atom is 0.0765 e. The number of nitrogens with two attached hydrogens (primary N) is 1. The van der Waals surface area contributed by atoms with Crippen LogP contribution in [0.5, 0.6) is 0 Å². The van der Waals surface area contributed by atoms with E-state index in [4.69, 9.17) is 5.41 Å². The third-order valence-corrected chi connectivity index (χ3v) is 5.33. The molecule has 0 atom stereocenters. The van der Waals surface area contributed by atoms with Gasteiger partial charge in [-0.15, -0.1) is 0 Å². The lowest BCUT2D eigenvalue weighted by molar-refractivity contribution is 0.251. The summed E-state index contributed by atoms with van der Waals surface area (Å²) in [6.45, 7) is 10.2. The van der Waals surface area contributed by atoms with Gasteiger partial charge in [0.05, 0.1) is 6.34 Å². The fourth-order valence-electron chi connectivity index (χ4n) is 3.95. The summed E-state index contributed by atoms with van der Waals surface area (Å²) in [4.78, 5) is 2.62. The van der Waals surface area contributed by atoms with Crippen LogP contribution in [-0.4, -0.2) is 24.3 Å². The van der Waals surface area contributed by atoms with Gasteiger partial charge in [-0.2, -0.15) is 0 Å². The van der Waals surface area contributed by atoms with Gasteiger partial charge in [0.1, 0.15) is 0 Å². The van der Waals surface area contributed by atoms with Crippen molar-refractivity contribution in [2.24, 2.45) is 5.73 Å². The molecular weight excluding hydrogens is 306 g/mol. The molecule has 3 N–H and O–H groups in total.